The average Bonchev–Trinajstić information content (AvgIpc) is 3.49. The zero-order valence-corrected chi connectivity index (χ0v) is 22.0. The van der Waals surface area contributed by atoms with Crippen LogP contribution in [0.5, 0.6) is 0 Å². The van der Waals surface area contributed by atoms with Gasteiger partial charge in [0.05, 0.1) is 0 Å². The van der Waals surface area contributed by atoms with Crippen molar-refractivity contribution in [2.45, 2.75) is 25.9 Å². The largest absolute Gasteiger partial charge is 0.0750 e. The molecule has 0 radical (unpaired) electrons. The Labute approximate surface area is 196 Å². The van der Waals surface area contributed by atoms with E-state index >= 15 is 0 Å². The Morgan fingerprint density at radius 3 is 1.40 bits per heavy atom. The molecule has 4 rings (SSSR count). The molecular formula is C28H32SiZr. The van der Waals surface area contributed by atoms with Gasteiger partial charge in [0.1, 0.15) is 0 Å². The molecule has 2 aliphatic rings. The summed E-state index contributed by atoms with van der Waals surface area (Å²) in [5.74, 6) is 0. The second kappa shape index (κ2) is 15.8. The summed E-state index contributed by atoms with van der Waals surface area (Å²) in [5.41, 5.74) is 2.44. The number of benzene rings is 2. The quantitative estimate of drug-likeness (QED) is 0.304. The van der Waals surface area contributed by atoms with Crippen LogP contribution < -0.4 is 0 Å². The van der Waals surface area contributed by atoms with Gasteiger partial charge < -0.3 is 0 Å². The van der Waals surface area contributed by atoms with Gasteiger partial charge in [-0.1, -0.05) is 98.1 Å². The molecule has 2 aliphatic carbocycles. The van der Waals surface area contributed by atoms with E-state index in [0.29, 0.717) is 9.52 Å². The number of hydrogen-bond donors (Lipinski definition) is 0. The maximum absolute atomic E-state index is 2.31. The van der Waals surface area contributed by atoms with E-state index in [2.05, 4.69) is 98.1 Å². The molecule has 152 valence electrons. The van der Waals surface area contributed by atoms with Crippen molar-refractivity contribution >= 4 is 21.7 Å². The monoisotopic (exact) mass is 486 g/mol. The van der Waals surface area contributed by atoms with Crippen LogP contribution in [0.1, 0.15) is 24.0 Å². The fourth-order valence-corrected chi connectivity index (χ4v) is 5.73. The fraction of sp³-hybridized carbons (Fsp3) is 0.143. The van der Waals surface area contributed by atoms with Crippen molar-refractivity contribution in [2.75, 3.05) is 0 Å². The van der Waals surface area contributed by atoms with Gasteiger partial charge in [-0.25, -0.2) is 0 Å². The average molecular weight is 488 g/mol. The van der Waals surface area contributed by atoms with Gasteiger partial charge in [0.15, 0.2) is 0 Å². The Kier molecular flexibility index (Phi) is 12.7. The van der Waals surface area contributed by atoms with E-state index in [1.54, 1.807) is 6.56 Å². The molecule has 2 heteroatoms. The number of hydrogen-bond acceptors (Lipinski definition) is 0. The van der Waals surface area contributed by atoms with Gasteiger partial charge in [0.25, 0.3) is 0 Å². The van der Waals surface area contributed by atoms with Crippen LogP contribution in [0.2, 0.25) is 13.1 Å². The van der Waals surface area contributed by atoms with E-state index in [1.807, 2.05) is 36.4 Å². The van der Waals surface area contributed by atoms with Crippen LogP contribution in [0.3, 0.4) is 0 Å². The van der Waals surface area contributed by atoms with E-state index < -0.39 is 0 Å². The molecule has 2 aromatic carbocycles. The number of allylic oxidation sites excluding steroid dienone is 10. The van der Waals surface area contributed by atoms with E-state index in [0.717, 1.165) is 0 Å². The first-order chi connectivity index (χ1) is 14.8. The topological polar surface area (TPSA) is 0 Å². The third-order valence-electron chi connectivity index (χ3n) is 4.15. The fourth-order valence-electron chi connectivity index (χ4n) is 2.75. The molecule has 0 heterocycles. The molecule has 0 atom stereocenters. The molecule has 0 amide bonds. The van der Waals surface area contributed by atoms with Gasteiger partial charge in [-0.2, -0.15) is 0 Å². The van der Waals surface area contributed by atoms with Crippen LogP contribution >= 0.6 is 0 Å². The molecule has 30 heavy (non-hydrogen) atoms. The summed E-state index contributed by atoms with van der Waals surface area (Å²) in [4.78, 5) is 0. The van der Waals surface area contributed by atoms with Crippen LogP contribution in [0.15, 0.2) is 116 Å². The first-order valence-electron chi connectivity index (χ1n) is 10.7. The molecule has 0 saturated carbocycles. The third kappa shape index (κ3) is 10.7. The zero-order valence-electron chi connectivity index (χ0n) is 18.2. The van der Waals surface area contributed by atoms with Crippen LogP contribution in [0, 0.1) is 0 Å². The maximum Gasteiger partial charge on any atom is 0.0135 e. The second-order valence-electron chi connectivity index (χ2n) is 7.02. The van der Waals surface area contributed by atoms with Crippen LogP contribution in [0.25, 0.3) is 12.2 Å². The summed E-state index contributed by atoms with van der Waals surface area (Å²) in [6.45, 7) is 4.53. The Morgan fingerprint density at radius 2 is 1.07 bits per heavy atom. The van der Waals surface area contributed by atoms with Crippen molar-refractivity contribution in [1.29, 1.82) is 0 Å². The first kappa shape index (κ1) is 24.3. The summed E-state index contributed by atoms with van der Waals surface area (Å²) in [5, 5.41) is 0. The molecule has 0 fully saturated rings. The van der Waals surface area contributed by atoms with E-state index in [-0.39, 0.29) is 23.2 Å². The van der Waals surface area contributed by atoms with Crippen LogP contribution in [-0.4, -0.2) is 9.52 Å². The van der Waals surface area contributed by atoms with Gasteiger partial charge in [0, 0.05) is 9.52 Å². The van der Waals surface area contributed by atoms with Gasteiger partial charge >= 0.3 is 79.1 Å². The maximum atomic E-state index is 2.31. The molecule has 0 bridgehead atoms. The summed E-state index contributed by atoms with van der Waals surface area (Å²) >= 11 is -0.312. The van der Waals surface area contributed by atoms with Crippen molar-refractivity contribution in [3.63, 3.8) is 0 Å². The van der Waals surface area contributed by atoms with Gasteiger partial charge in [-0.3, -0.25) is 0 Å². The Balaban J connectivity index is 0.000000198. The minimum atomic E-state index is -0.312. The van der Waals surface area contributed by atoms with Crippen LogP contribution in [-0.2, 0) is 23.2 Å². The van der Waals surface area contributed by atoms with Gasteiger partial charge in [0.2, 0.25) is 0 Å². The molecule has 0 aliphatic heterocycles. The molecule has 0 unspecified atom stereocenters. The van der Waals surface area contributed by atoms with Gasteiger partial charge in [-0.05, 0) is 11.1 Å². The molecule has 0 saturated heterocycles. The molecule has 0 nitrogen and oxygen atoms in total. The van der Waals surface area contributed by atoms with E-state index in [4.69, 9.17) is 0 Å². The predicted molar refractivity (Wildman–Crippen MR) is 135 cm³/mol. The summed E-state index contributed by atoms with van der Waals surface area (Å²) < 4.78 is 3.45. The van der Waals surface area contributed by atoms with Crippen molar-refractivity contribution in [3.05, 3.63) is 127 Å². The zero-order chi connectivity index (χ0) is 21.3. The third-order valence-corrected chi connectivity index (χ3v) is 7.55. The van der Waals surface area contributed by atoms with E-state index in [1.165, 1.54) is 24.0 Å². The molecule has 0 spiro atoms. The van der Waals surface area contributed by atoms with Gasteiger partial charge in [-0.15, -0.1) is 0 Å². The van der Waals surface area contributed by atoms with E-state index in [9.17, 15) is 0 Å². The minimum absolute atomic E-state index is 0.312. The number of rotatable bonds is 5. The summed E-state index contributed by atoms with van der Waals surface area (Å²) in [6.07, 6.45) is 24.3. The first-order valence-corrected chi connectivity index (χ1v) is 16.0. The Morgan fingerprint density at radius 1 is 0.667 bits per heavy atom. The van der Waals surface area contributed by atoms with Crippen molar-refractivity contribution < 1.29 is 23.2 Å². The van der Waals surface area contributed by atoms with Crippen LogP contribution in [0.4, 0.5) is 0 Å². The van der Waals surface area contributed by atoms with Crippen molar-refractivity contribution in [1.82, 2.24) is 0 Å². The van der Waals surface area contributed by atoms with Crippen molar-refractivity contribution in [3.8, 4) is 0 Å². The predicted octanol–water partition coefficient (Wildman–Crippen LogP) is 7.42. The molecule has 0 aromatic heterocycles. The normalized spacial score (nSPS) is 14.1. The Hall–Kier alpha value is -2.02. The minimum Gasteiger partial charge on any atom is -0.0750 e. The molecule has 0 N–H and O–H groups in total. The Bertz CT molecular complexity index is 825. The summed E-state index contributed by atoms with van der Waals surface area (Å²) in [6, 6.07) is 20.6. The van der Waals surface area contributed by atoms with Crippen molar-refractivity contribution in [2.24, 2.45) is 0 Å². The second-order valence-corrected chi connectivity index (χ2v) is 12.2. The standard InChI is InChI=1S/C16H14.2C5H5.C2H8Si.Zr/c1-3-9-15(10-4-1)13-7-8-14-16-11-5-2-6-12-16;2*1-2-4-5-3-1;1-3-2;/h1-14H;2*1-3H,4H2;3H2,1-2H3;. The smallest absolute Gasteiger partial charge is 0.0135 e. The summed E-state index contributed by atoms with van der Waals surface area (Å²) in [7, 11) is 0.417. The SMILES string of the molecule is C(C=Cc1ccccc1)=Cc1ccccc1.C1=CC[C]([Zr][C]2=CC=CC2)=C1.C[SiH2]C. The molecule has 2 aromatic rings. The molecular weight excluding hydrogens is 456 g/mol.